The summed E-state index contributed by atoms with van der Waals surface area (Å²) in [5, 5.41) is 8.82. The molecule has 4 N–H and O–H groups in total. The first kappa shape index (κ1) is 21.7. The predicted octanol–water partition coefficient (Wildman–Crippen LogP) is 0.487. The highest BCUT2D eigenvalue weighted by molar-refractivity contribution is 5.91. The maximum absolute atomic E-state index is 12.5. The second kappa shape index (κ2) is 9.09. The van der Waals surface area contributed by atoms with Crippen molar-refractivity contribution in [3.8, 4) is 0 Å². The molecule has 11 heteroatoms. The summed E-state index contributed by atoms with van der Waals surface area (Å²) < 4.78 is 5.32. The normalized spacial score (nSPS) is 22.4. The van der Waals surface area contributed by atoms with E-state index in [0.717, 1.165) is 12.8 Å². The predicted molar refractivity (Wildman–Crippen MR) is 96.9 cm³/mol. The van der Waals surface area contributed by atoms with Crippen molar-refractivity contribution in [3.63, 3.8) is 0 Å². The first-order valence-electron chi connectivity index (χ1n) is 9.44. The molecule has 2 aliphatic rings. The van der Waals surface area contributed by atoms with Crippen LogP contribution in [0.15, 0.2) is 0 Å². The van der Waals surface area contributed by atoms with Crippen LogP contribution in [0.4, 0.5) is 9.59 Å². The van der Waals surface area contributed by atoms with Crippen LogP contribution in [0.5, 0.6) is 0 Å². The van der Waals surface area contributed by atoms with Gasteiger partial charge in [-0.3, -0.25) is 30.5 Å². The highest BCUT2D eigenvalue weighted by atomic mass is 16.6. The molecule has 0 saturated carbocycles. The van der Waals surface area contributed by atoms with Gasteiger partial charge in [0.25, 0.3) is 11.8 Å². The van der Waals surface area contributed by atoms with Crippen molar-refractivity contribution in [2.45, 2.75) is 70.6 Å². The highest BCUT2D eigenvalue weighted by Crippen LogP contribution is 2.21. The van der Waals surface area contributed by atoms with Gasteiger partial charge in [-0.05, 0) is 52.9 Å². The Kier molecular flexibility index (Phi) is 7.05. The van der Waals surface area contributed by atoms with Crippen molar-refractivity contribution in [1.29, 1.82) is 0 Å². The molecule has 2 aliphatic heterocycles. The van der Waals surface area contributed by atoms with Crippen LogP contribution >= 0.6 is 0 Å². The lowest BCUT2D eigenvalue weighted by Crippen LogP contribution is -2.59. The van der Waals surface area contributed by atoms with Crippen LogP contribution in [0.2, 0.25) is 0 Å². The van der Waals surface area contributed by atoms with Crippen LogP contribution in [0.25, 0.3) is 0 Å². The number of urea groups is 1. The van der Waals surface area contributed by atoms with E-state index >= 15 is 0 Å². The van der Waals surface area contributed by atoms with Crippen LogP contribution in [-0.2, 0) is 14.3 Å². The lowest BCUT2D eigenvalue weighted by molar-refractivity contribution is -0.134. The van der Waals surface area contributed by atoms with Gasteiger partial charge < -0.3 is 9.64 Å². The van der Waals surface area contributed by atoms with E-state index < -0.39 is 41.6 Å². The van der Waals surface area contributed by atoms with Crippen molar-refractivity contribution in [1.82, 2.24) is 26.1 Å². The summed E-state index contributed by atoms with van der Waals surface area (Å²) in [4.78, 5) is 51.4. The van der Waals surface area contributed by atoms with E-state index in [1.54, 1.807) is 20.8 Å². The van der Waals surface area contributed by atoms with Gasteiger partial charge in [0.15, 0.2) is 0 Å². The Labute approximate surface area is 163 Å². The van der Waals surface area contributed by atoms with Gasteiger partial charge in [-0.15, -0.1) is 0 Å². The Hall–Kier alpha value is -2.56. The van der Waals surface area contributed by atoms with Crippen LogP contribution in [0, 0.1) is 0 Å². The van der Waals surface area contributed by atoms with Crippen molar-refractivity contribution in [2.24, 2.45) is 0 Å². The minimum atomic E-state index is -0.799. The summed E-state index contributed by atoms with van der Waals surface area (Å²) >= 11 is 0. The smallest absolute Gasteiger partial charge is 0.410 e. The number of hydroxylamine groups is 1. The number of amides is 5. The third kappa shape index (κ3) is 5.47. The van der Waals surface area contributed by atoms with Gasteiger partial charge in [-0.1, -0.05) is 0 Å². The van der Waals surface area contributed by atoms with E-state index in [1.165, 1.54) is 15.3 Å². The molecule has 158 valence electrons. The monoisotopic (exact) mass is 399 g/mol. The van der Waals surface area contributed by atoms with Gasteiger partial charge in [-0.25, -0.2) is 15.1 Å². The van der Waals surface area contributed by atoms with E-state index in [2.05, 4.69) is 10.9 Å². The quantitative estimate of drug-likeness (QED) is 0.393. The maximum Gasteiger partial charge on any atom is 0.410 e. The van der Waals surface area contributed by atoms with E-state index in [1.807, 2.05) is 0 Å². The average molecular weight is 399 g/mol. The molecule has 2 fully saturated rings. The molecule has 11 nitrogen and oxygen atoms in total. The number of nitrogens with zero attached hydrogens (tertiary/aromatic N) is 2. The van der Waals surface area contributed by atoms with Gasteiger partial charge in [-0.2, -0.15) is 0 Å². The van der Waals surface area contributed by atoms with Crippen LogP contribution in [0.1, 0.15) is 52.9 Å². The Bertz CT molecular complexity index is 620. The molecule has 0 spiro atoms. The summed E-state index contributed by atoms with van der Waals surface area (Å²) in [6.45, 7) is 5.96. The fraction of sp³-hybridized carbons (Fsp3) is 0.765. The second-order valence-electron chi connectivity index (χ2n) is 7.93. The number of nitrogens with one attached hydrogen (secondary N) is 3. The number of hydrazine groups is 1. The van der Waals surface area contributed by atoms with Gasteiger partial charge in [0, 0.05) is 13.1 Å². The fourth-order valence-corrected chi connectivity index (χ4v) is 3.38. The first-order valence-corrected chi connectivity index (χ1v) is 9.44. The molecule has 28 heavy (non-hydrogen) atoms. The van der Waals surface area contributed by atoms with Crippen molar-refractivity contribution >= 4 is 23.9 Å². The van der Waals surface area contributed by atoms with Crippen molar-refractivity contribution in [3.05, 3.63) is 0 Å². The lowest BCUT2D eigenvalue weighted by atomic mass is 10.0. The number of ether oxygens (including phenoxy) is 1. The minimum Gasteiger partial charge on any atom is -0.444 e. The fourth-order valence-electron chi connectivity index (χ4n) is 3.38. The molecule has 2 saturated heterocycles. The molecule has 2 rings (SSSR count). The Morgan fingerprint density at radius 3 is 2.00 bits per heavy atom. The number of hydrogen-bond donors (Lipinski definition) is 4. The molecule has 0 aromatic carbocycles. The molecule has 0 aromatic rings. The Morgan fingerprint density at radius 2 is 1.43 bits per heavy atom. The van der Waals surface area contributed by atoms with Crippen molar-refractivity contribution < 1.29 is 29.1 Å². The third-order valence-corrected chi connectivity index (χ3v) is 4.65. The number of piperidine rings is 1. The number of carbonyl (C=O) groups is 4. The van der Waals surface area contributed by atoms with E-state index in [0.29, 0.717) is 32.4 Å². The van der Waals surface area contributed by atoms with Crippen molar-refractivity contribution in [2.75, 3.05) is 13.1 Å². The molecule has 2 atom stereocenters. The molecular formula is C17H29N5O6. The first-order chi connectivity index (χ1) is 13.1. The largest absolute Gasteiger partial charge is 0.444 e. The molecule has 0 aromatic heterocycles. The number of rotatable bonds is 2. The molecule has 0 aliphatic carbocycles. The average Bonchev–Trinajstić information content (AvgIpc) is 3.14. The van der Waals surface area contributed by atoms with Crippen LogP contribution < -0.4 is 16.3 Å². The summed E-state index contributed by atoms with van der Waals surface area (Å²) in [6.07, 6.45) is 2.42. The molecule has 2 heterocycles. The topological polar surface area (TPSA) is 140 Å². The van der Waals surface area contributed by atoms with E-state index in [9.17, 15) is 19.2 Å². The zero-order valence-corrected chi connectivity index (χ0v) is 16.5. The second-order valence-corrected chi connectivity index (χ2v) is 7.93. The maximum atomic E-state index is 12.5. The van der Waals surface area contributed by atoms with Crippen LogP contribution in [0.3, 0.4) is 0 Å². The highest BCUT2D eigenvalue weighted by Gasteiger charge is 2.37. The Morgan fingerprint density at radius 1 is 0.893 bits per heavy atom. The number of hydrogen-bond acceptors (Lipinski definition) is 6. The molecule has 5 amide bonds. The number of likely N-dealkylation sites (tertiary alicyclic amines) is 2. The van der Waals surface area contributed by atoms with Crippen LogP contribution in [-0.4, -0.2) is 69.7 Å². The van der Waals surface area contributed by atoms with Gasteiger partial charge in [0.2, 0.25) is 0 Å². The zero-order valence-electron chi connectivity index (χ0n) is 16.5. The summed E-state index contributed by atoms with van der Waals surface area (Å²) in [5.74, 6) is -1.08. The molecule has 0 radical (unpaired) electrons. The van der Waals surface area contributed by atoms with Gasteiger partial charge in [0.05, 0.1) is 0 Å². The standard InChI is InChI=1S/C17H29N5O6/c1-17(2,3)28-16(26)22-10-6-8-12(22)14(24)19-18-13(23)11-7-4-5-9-21(11)15(25)20-27/h11-12,27H,4-10H2,1-3H3,(H,18,23)(H,19,24)(H,20,25)/t11-,12?/m0/s1. The lowest BCUT2D eigenvalue weighted by Gasteiger charge is -2.34. The summed E-state index contributed by atoms with van der Waals surface area (Å²) in [6, 6.07) is -2.30. The SMILES string of the molecule is CC(C)(C)OC(=O)N1CCCC1C(=O)NNC(=O)[C@@H]1CCCCN1C(=O)NO. The third-order valence-electron chi connectivity index (χ3n) is 4.65. The molecule has 0 bridgehead atoms. The van der Waals surface area contributed by atoms with Gasteiger partial charge >= 0.3 is 12.1 Å². The van der Waals surface area contributed by atoms with Gasteiger partial charge in [0.1, 0.15) is 17.7 Å². The molecule has 1 unspecified atom stereocenters. The minimum absolute atomic E-state index is 0.327. The molecular weight excluding hydrogens is 370 g/mol. The summed E-state index contributed by atoms with van der Waals surface area (Å²) in [7, 11) is 0. The summed E-state index contributed by atoms with van der Waals surface area (Å²) in [5.41, 5.74) is 5.52. The Balaban J connectivity index is 1.92. The zero-order chi connectivity index (χ0) is 20.9. The number of carbonyl (C=O) groups excluding carboxylic acids is 4. The van der Waals surface area contributed by atoms with E-state index in [4.69, 9.17) is 9.94 Å². The van der Waals surface area contributed by atoms with E-state index in [-0.39, 0.29) is 0 Å².